The van der Waals surface area contributed by atoms with Crippen LogP contribution in [0.15, 0.2) is 30.3 Å². The average Bonchev–Trinajstić information content (AvgIpc) is 3.58. The fraction of sp³-hybridized carbons (Fsp3) is 0.375. The molecule has 0 spiro atoms. The van der Waals surface area contributed by atoms with Gasteiger partial charge in [0.25, 0.3) is 11.8 Å². The van der Waals surface area contributed by atoms with E-state index in [9.17, 15) is 24.3 Å². The van der Waals surface area contributed by atoms with E-state index in [0.29, 0.717) is 28.6 Å². The molecule has 0 aliphatic carbocycles. The Morgan fingerprint density at radius 1 is 1.19 bits per heavy atom. The second kappa shape index (κ2) is 7.92. The number of methoxy groups -OCH3 is 1. The summed E-state index contributed by atoms with van der Waals surface area (Å²) in [4.78, 5) is 58.2. The van der Waals surface area contributed by atoms with Crippen LogP contribution in [0.25, 0.3) is 0 Å². The SMILES string of the molecule is COc1ccc2c(c1)C(=O)N(C[C@@]1(C3Cc4nc(N5C[C@@H](O)CC5=O)ccc4O3)NC(=O)NC1=O)C2. The van der Waals surface area contributed by atoms with Crippen molar-refractivity contribution in [2.75, 3.05) is 25.1 Å². The first kappa shape index (κ1) is 22.3. The van der Waals surface area contributed by atoms with Crippen LogP contribution in [0.3, 0.4) is 0 Å². The van der Waals surface area contributed by atoms with Gasteiger partial charge in [0, 0.05) is 18.5 Å². The number of benzene rings is 1. The van der Waals surface area contributed by atoms with Crippen LogP contribution in [0.4, 0.5) is 10.6 Å². The lowest BCUT2D eigenvalue weighted by Crippen LogP contribution is -2.64. The monoisotopic (exact) mass is 493 g/mol. The number of pyridine rings is 1. The van der Waals surface area contributed by atoms with Gasteiger partial charge in [0.05, 0.1) is 38.4 Å². The number of urea groups is 1. The van der Waals surface area contributed by atoms with Gasteiger partial charge in [-0.05, 0) is 29.8 Å². The molecule has 5 amide bonds. The van der Waals surface area contributed by atoms with Crippen LogP contribution < -0.4 is 25.0 Å². The maximum atomic E-state index is 13.2. The molecule has 1 unspecified atom stereocenters. The lowest BCUT2D eigenvalue weighted by Gasteiger charge is -2.34. The summed E-state index contributed by atoms with van der Waals surface area (Å²) in [6.07, 6.45) is -1.39. The molecule has 2 aromatic rings. The van der Waals surface area contributed by atoms with E-state index >= 15 is 0 Å². The number of anilines is 1. The number of ether oxygens (including phenoxy) is 2. The van der Waals surface area contributed by atoms with Crippen LogP contribution in [0, 0.1) is 0 Å². The molecule has 36 heavy (non-hydrogen) atoms. The number of carbonyl (C=O) groups is 4. The van der Waals surface area contributed by atoms with Gasteiger partial charge in [-0.15, -0.1) is 0 Å². The number of amides is 5. The van der Waals surface area contributed by atoms with Gasteiger partial charge in [0.15, 0.2) is 5.54 Å². The first-order valence-electron chi connectivity index (χ1n) is 11.5. The molecule has 3 N–H and O–H groups in total. The summed E-state index contributed by atoms with van der Waals surface area (Å²) in [7, 11) is 1.52. The predicted molar refractivity (Wildman–Crippen MR) is 122 cm³/mol. The summed E-state index contributed by atoms with van der Waals surface area (Å²) in [5, 5.41) is 14.8. The van der Waals surface area contributed by atoms with Crippen molar-refractivity contribution in [2.24, 2.45) is 0 Å². The fourth-order valence-corrected chi connectivity index (χ4v) is 5.28. The van der Waals surface area contributed by atoms with E-state index in [1.807, 2.05) is 0 Å². The number of aliphatic hydroxyl groups excluding tert-OH is 1. The molecule has 6 rings (SSSR count). The second-order valence-electron chi connectivity index (χ2n) is 9.35. The zero-order valence-electron chi connectivity index (χ0n) is 19.3. The molecule has 186 valence electrons. The number of fused-ring (bicyclic) bond motifs is 2. The molecular formula is C24H23N5O7. The summed E-state index contributed by atoms with van der Waals surface area (Å²) < 4.78 is 11.3. The van der Waals surface area contributed by atoms with Crippen molar-refractivity contribution in [2.45, 2.75) is 37.1 Å². The van der Waals surface area contributed by atoms with Crippen molar-refractivity contribution >= 4 is 29.6 Å². The molecule has 1 aromatic heterocycles. The Labute approximate surface area is 205 Å². The highest BCUT2D eigenvalue weighted by Gasteiger charge is 2.57. The maximum Gasteiger partial charge on any atom is 0.322 e. The molecule has 2 fully saturated rings. The van der Waals surface area contributed by atoms with Gasteiger partial charge in [-0.25, -0.2) is 9.78 Å². The van der Waals surface area contributed by atoms with Gasteiger partial charge < -0.3 is 24.8 Å². The predicted octanol–water partition coefficient (Wildman–Crippen LogP) is -0.274. The van der Waals surface area contributed by atoms with Crippen molar-refractivity contribution in [3.05, 3.63) is 47.2 Å². The van der Waals surface area contributed by atoms with Crippen LogP contribution in [0.2, 0.25) is 0 Å². The Hall–Kier alpha value is -4.19. The standard InChI is InChI=1S/C24H23N5O7/c1-35-14-3-2-12-9-28(21(32)15(12)7-14)11-24(22(33)26-23(34)27-24)18-8-16-17(36-18)4-5-19(25-16)29-10-13(30)6-20(29)31/h2-5,7,13,18,30H,6,8-11H2,1H3,(H2,26,27,33,34)/t13-,18?,24-/m0/s1. The first-order chi connectivity index (χ1) is 17.3. The van der Waals surface area contributed by atoms with Crippen LogP contribution >= 0.6 is 0 Å². The van der Waals surface area contributed by atoms with E-state index in [0.717, 1.165) is 5.56 Å². The smallest absolute Gasteiger partial charge is 0.322 e. The topological polar surface area (TPSA) is 150 Å². The van der Waals surface area contributed by atoms with E-state index in [1.54, 1.807) is 30.3 Å². The van der Waals surface area contributed by atoms with Gasteiger partial charge in [-0.3, -0.25) is 24.6 Å². The van der Waals surface area contributed by atoms with Crippen LogP contribution in [0.5, 0.6) is 11.5 Å². The summed E-state index contributed by atoms with van der Waals surface area (Å²) >= 11 is 0. The van der Waals surface area contributed by atoms with Gasteiger partial charge >= 0.3 is 6.03 Å². The van der Waals surface area contributed by atoms with Gasteiger partial charge in [0.2, 0.25) is 5.91 Å². The number of aromatic nitrogens is 1. The number of nitrogens with one attached hydrogen (secondary N) is 2. The molecule has 12 nitrogen and oxygen atoms in total. The quantitative estimate of drug-likeness (QED) is 0.482. The molecule has 1 aromatic carbocycles. The Morgan fingerprint density at radius 2 is 2.03 bits per heavy atom. The number of rotatable bonds is 5. The molecule has 2 saturated heterocycles. The third-order valence-corrected chi connectivity index (χ3v) is 7.10. The second-order valence-corrected chi connectivity index (χ2v) is 9.35. The molecule has 4 aliphatic rings. The zero-order chi connectivity index (χ0) is 25.2. The molecule has 0 bridgehead atoms. The van der Waals surface area contributed by atoms with Crippen molar-refractivity contribution in [3.63, 3.8) is 0 Å². The molecule has 12 heteroatoms. The van der Waals surface area contributed by atoms with E-state index in [4.69, 9.17) is 9.47 Å². The van der Waals surface area contributed by atoms with Crippen molar-refractivity contribution in [1.82, 2.24) is 20.5 Å². The minimum atomic E-state index is -1.54. The molecular weight excluding hydrogens is 470 g/mol. The number of aliphatic hydroxyl groups is 1. The molecule has 0 radical (unpaired) electrons. The number of nitrogens with zero attached hydrogens (tertiary/aromatic N) is 3. The fourth-order valence-electron chi connectivity index (χ4n) is 5.28. The molecule has 3 atom stereocenters. The summed E-state index contributed by atoms with van der Waals surface area (Å²) in [6, 6.07) is 7.82. The maximum absolute atomic E-state index is 13.2. The lowest BCUT2D eigenvalue weighted by molar-refractivity contribution is -0.127. The molecule has 0 saturated carbocycles. The third kappa shape index (κ3) is 3.36. The van der Waals surface area contributed by atoms with Crippen LogP contribution in [0.1, 0.15) is 28.0 Å². The number of hydrogen-bond donors (Lipinski definition) is 3. The Bertz CT molecular complexity index is 1330. The number of imide groups is 1. The number of hydrogen-bond acceptors (Lipinski definition) is 8. The number of β-amino-alcohol motifs (C(OH)–C–C–N with tert-alkyl or cyclic N) is 1. The van der Waals surface area contributed by atoms with E-state index in [2.05, 4.69) is 15.6 Å². The van der Waals surface area contributed by atoms with E-state index < -0.39 is 29.7 Å². The van der Waals surface area contributed by atoms with Crippen molar-refractivity contribution in [3.8, 4) is 11.5 Å². The summed E-state index contributed by atoms with van der Waals surface area (Å²) in [5.41, 5.74) is 0.244. The average molecular weight is 493 g/mol. The Morgan fingerprint density at radius 3 is 2.72 bits per heavy atom. The normalized spacial score (nSPS) is 26.6. The minimum Gasteiger partial charge on any atom is -0.497 e. The van der Waals surface area contributed by atoms with Gasteiger partial charge in [-0.1, -0.05) is 6.07 Å². The number of carbonyl (C=O) groups excluding carboxylic acids is 4. The van der Waals surface area contributed by atoms with Crippen LogP contribution in [-0.4, -0.2) is 76.7 Å². The van der Waals surface area contributed by atoms with Crippen molar-refractivity contribution in [1.29, 1.82) is 0 Å². The minimum absolute atomic E-state index is 0.0331. The van der Waals surface area contributed by atoms with E-state index in [1.165, 1.54) is 16.9 Å². The third-order valence-electron chi connectivity index (χ3n) is 7.10. The van der Waals surface area contributed by atoms with Gasteiger partial charge in [-0.2, -0.15) is 0 Å². The Kier molecular flexibility index (Phi) is 4.90. The molecule has 5 heterocycles. The Balaban J connectivity index is 1.28. The van der Waals surface area contributed by atoms with Gasteiger partial charge in [0.1, 0.15) is 23.4 Å². The van der Waals surface area contributed by atoms with Crippen molar-refractivity contribution < 1.29 is 33.8 Å². The highest BCUT2D eigenvalue weighted by atomic mass is 16.5. The highest BCUT2D eigenvalue weighted by Crippen LogP contribution is 2.37. The van der Waals surface area contributed by atoms with E-state index in [-0.39, 0.29) is 44.3 Å². The molecule has 4 aliphatic heterocycles. The largest absolute Gasteiger partial charge is 0.497 e. The highest BCUT2D eigenvalue weighted by molar-refractivity contribution is 6.08. The lowest BCUT2D eigenvalue weighted by atomic mass is 9.89. The first-order valence-corrected chi connectivity index (χ1v) is 11.5. The summed E-state index contributed by atoms with van der Waals surface area (Å²) in [6.45, 7) is 0.312. The zero-order valence-corrected chi connectivity index (χ0v) is 19.3. The summed E-state index contributed by atoms with van der Waals surface area (Å²) in [5.74, 6) is 0.251. The van der Waals surface area contributed by atoms with Crippen LogP contribution in [-0.2, 0) is 22.6 Å².